The molecule has 0 saturated carbocycles. The number of Topliss-reactive ketones (excluding diaryl/α,β-unsaturated/α-hetero) is 1. The molecule has 1 amide bonds. The highest BCUT2D eigenvalue weighted by Crippen LogP contribution is 2.39. The Morgan fingerprint density at radius 1 is 1.35 bits per heavy atom. The molecule has 3 rings (SSSR count). The van der Waals surface area contributed by atoms with Crippen molar-refractivity contribution in [2.45, 2.75) is 31.8 Å². The Bertz CT molecular complexity index is 562. The molecule has 2 aliphatic rings. The number of ketones is 1. The zero-order valence-corrected chi connectivity index (χ0v) is 11.5. The van der Waals surface area contributed by atoms with Gasteiger partial charge in [0.1, 0.15) is 11.4 Å². The smallest absolute Gasteiger partial charge is 0.221 e. The summed E-state index contributed by atoms with van der Waals surface area (Å²) in [6.07, 6.45) is 2.13. The van der Waals surface area contributed by atoms with Gasteiger partial charge in [0.05, 0.1) is 12.0 Å². The maximum atomic E-state index is 12.4. The van der Waals surface area contributed by atoms with Gasteiger partial charge in [-0.3, -0.25) is 9.59 Å². The largest absolute Gasteiger partial charge is 0.486 e. The third kappa shape index (κ3) is 2.41. The summed E-state index contributed by atoms with van der Waals surface area (Å²) >= 11 is 0. The highest BCUT2D eigenvalue weighted by molar-refractivity contribution is 6.02. The van der Waals surface area contributed by atoms with Crippen LogP contribution in [0.2, 0.25) is 0 Å². The van der Waals surface area contributed by atoms with E-state index in [1.165, 1.54) is 6.92 Å². The van der Waals surface area contributed by atoms with E-state index < -0.39 is 0 Å². The third-order valence-electron chi connectivity index (χ3n) is 3.92. The van der Waals surface area contributed by atoms with Gasteiger partial charge in [0.2, 0.25) is 5.91 Å². The van der Waals surface area contributed by atoms with Crippen LogP contribution in [0.5, 0.6) is 5.75 Å². The third-order valence-corrected chi connectivity index (χ3v) is 3.92. The van der Waals surface area contributed by atoms with Crippen molar-refractivity contribution in [3.8, 4) is 5.75 Å². The van der Waals surface area contributed by atoms with E-state index in [9.17, 15) is 9.59 Å². The number of benzene rings is 1. The minimum atomic E-state index is -0.342. The molecule has 20 heavy (non-hydrogen) atoms. The topological polar surface area (TPSA) is 67.4 Å². The molecule has 0 aromatic heterocycles. The Kier molecular flexibility index (Phi) is 3.22. The normalized spacial score (nSPS) is 20.1. The lowest BCUT2D eigenvalue weighted by atomic mass is 9.83. The van der Waals surface area contributed by atoms with Crippen LogP contribution in [0.1, 0.15) is 36.5 Å². The number of ether oxygens (including phenoxy) is 1. The van der Waals surface area contributed by atoms with E-state index >= 15 is 0 Å². The molecule has 0 radical (unpaired) electrons. The van der Waals surface area contributed by atoms with E-state index in [4.69, 9.17) is 4.74 Å². The lowest BCUT2D eigenvalue weighted by Crippen LogP contribution is -2.49. The van der Waals surface area contributed by atoms with Crippen LogP contribution in [0.25, 0.3) is 0 Å². The molecular weight excluding hydrogens is 256 g/mol. The van der Waals surface area contributed by atoms with Crippen LogP contribution in [0.3, 0.4) is 0 Å². The number of nitrogens with one attached hydrogen (secondary N) is 2. The van der Waals surface area contributed by atoms with Gasteiger partial charge < -0.3 is 15.4 Å². The number of carbonyl (C=O) groups excluding carboxylic acids is 2. The van der Waals surface area contributed by atoms with Crippen molar-refractivity contribution < 1.29 is 14.3 Å². The summed E-state index contributed by atoms with van der Waals surface area (Å²) in [6.45, 7) is 3.21. The molecule has 2 heterocycles. The maximum Gasteiger partial charge on any atom is 0.221 e. The quantitative estimate of drug-likeness (QED) is 0.818. The van der Waals surface area contributed by atoms with Crippen LogP contribution >= 0.6 is 0 Å². The van der Waals surface area contributed by atoms with Gasteiger partial charge in [-0.1, -0.05) is 0 Å². The summed E-state index contributed by atoms with van der Waals surface area (Å²) in [5.74, 6) is 0.585. The van der Waals surface area contributed by atoms with E-state index in [-0.39, 0.29) is 17.3 Å². The lowest BCUT2D eigenvalue weighted by molar-refractivity contribution is -0.114. The van der Waals surface area contributed by atoms with Gasteiger partial charge in [-0.05, 0) is 31.3 Å². The van der Waals surface area contributed by atoms with Crippen LogP contribution in [-0.2, 0) is 4.79 Å². The summed E-state index contributed by atoms with van der Waals surface area (Å²) in [7, 11) is 0. The van der Waals surface area contributed by atoms with Gasteiger partial charge in [0, 0.05) is 25.5 Å². The SMILES string of the molecule is CC(=O)Nc1ccc2c(c1)C(=O)CC1(CCNCC1)O2. The first kappa shape index (κ1) is 13.1. The molecule has 1 aromatic carbocycles. The Morgan fingerprint density at radius 3 is 2.80 bits per heavy atom. The number of hydrogen-bond donors (Lipinski definition) is 2. The molecule has 2 N–H and O–H groups in total. The molecule has 0 atom stereocenters. The average molecular weight is 274 g/mol. The average Bonchev–Trinajstić information content (AvgIpc) is 2.40. The Balaban J connectivity index is 1.89. The second kappa shape index (κ2) is 4.90. The van der Waals surface area contributed by atoms with Crippen LogP contribution in [-0.4, -0.2) is 30.4 Å². The summed E-state index contributed by atoms with van der Waals surface area (Å²) in [4.78, 5) is 23.5. The van der Waals surface area contributed by atoms with Crippen LogP contribution in [0.15, 0.2) is 18.2 Å². The first-order chi connectivity index (χ1) is 9.58. The summed E-state index contributed by atoms with van der Waals surface area (Å²) in [5, 5.41) is 5.98. The predicted octanol–water partition coefficient (Wildman–Crippen LogP) is 1.73. The van der Waals surface area contributed by atoms with Crippen LogP contribution in [0.4, 0.5) is 5.69 Å². The van der Waals surface area contributed by atoms with E-state index in [0.717, 1.165) is 25.9 Å². The van der Waals surface area contributed by atoms with E-state index in [2.05, 4.69) is 10.6 Å². The van der Waals surface area contributed by atoms with Gasteiger partial charge in [0.15, 0.2) is 5.78 Å². The number of carbonyl (C=O) groups is 2. The van der Waals surface area contributed by atoms with Gasteiger partial charge >= 0.3 is 0 Å². The van der Waals surface area contributed by atoms with E-state index in [0.29, 0.717) is 23.4 Å². The van der Waals surface area contributed by atoms with Crippen LogP contribution in [0, 0.1) is 0 Å². The fourth-order valence-corrected chi connectivity index (χ4v) is 2.94. The number of amides is 1. The zero-order chi connectivity index (χ0) is 14.2. The van der Waals surface area contributed by atoms with E-state index in [1.54, 1.807) is 18.2 Å². The Hall–Kier alpha value is -1.88. The van der Waals surface area contributed by atoms with Gasteiger partial charge in [-0.15, -0.1) is 0 Å². The number of piperidine rings is 1. The van der Waals surface area contributed by atoms with Gasteiger partial charge in [-0.25, -0.2) is 0 Å². The minimum absolute atomic E-state index is 0.0975. The van der Waals surface area contributed by atoms with E-state index in [1.807, 2.05) is 0 Å². The number of rotatable bonds is 1. The van der Waals surface area contributed by atoms with Crippen molar-refractivity contribution in [1.29, 1.82) is 0 Å². The van der Waals surface area contributed by atoms with Crippen molar-refractivity contribution in [2.24, 2.45) is 0 Å². The Labute approximate surface area is 117 Å². The standard InChI is InChI=1S/C15H18N2O3/c1-10(18)17-11-2-3-14-12(8-11)13(19)9-15(20-14)4-6-16-7-5-15/h2-3,8,16H,4-7,9H2,1H3,(H,17,18). The first-order valence-corrected chi connectivity index (χ1v) is 6.93. The van der Waals surface area contributed by atoms with Crippen molar-refractivity contribution in [3.05, 3.63) is 23.8 Å². The molecule has 5 heteroatoms. The highest BCUT2D eigenvalue weighted by Gasteiger charge is 2.41. The minimum Gasteiger partial charge on any atom is -0.486 e. The molecule has 2 aliphatic heterocycles. The zero-order valence-electron chi connectivity index (χ0n) is 11.5. The number of hydrogen-bond acceptors (Lipinski definition) is 4. The number of fused-ring (bicyclic) bond motifs is 1. The monoisotopic (exact) mass is 274 g/mol. The molecule has 1 spiro atoms. The molecule has 106 valence electrons. The predicted molar refractivity (Wildman–Crippen MR) is 75.2 cm³/mol. The van der Waals surface area contributed by atoms with Crippen molar-refractivity contribution in [3.63, 3.8) is 0 Å². The lowest BCUT2D eigenvalue weighted by Gasteiger charge is -2.40. The molecule has 0 unspecified atom stereocenters. The second-order valence-corrected chi connectivity index (χ2v) is 5.53. The molecule has 0 bridgehead atoms. The fraction of sp³-hybridized carbons (Fsp3) is 0.467. The van der Waals surface area contributed by atoms with Crippen molar-refractivity contribution in [2.75, 3.05) is 18.4 Å². The maximum absolute atomic E-state index is 12.4. The molecule has 1 saturated heterocycles. The summed E-state index contributed by atoms with van der Waals surface area (Å²) in [6, 6.07) is 5.25. The Morgan fingerprint density at radius 2 is 2.10 bits per heavy atom. The van der Waals surface area contributed by atoms with Crippen molar-refractivity contribution in [1.82, 2.24) is 5.32 Å². The van der Waals surface area contributed by atoms with Gasteiger partial charge in [0.25, 0.3) is 0 Å². The van der Waals surface area contributed by atoms with Crippen LogP contribution < -0.4 is 15.4 Å². The molecule has 0 aliphatic carbocycles. The molecule has 1 aromatic rings. The molecule has 5 nitrogen and oxygen atoms in total. The highest BCUT2D eigenvalue weighted by atomic mass is 16.5. The van der Waals surface area contributed by atoms with Crippen molar-refractivity contribution >= 4 is 17.4 Å². The molecule has 1 fully saturated rings. The summed E-state index contributed by atoms with van der Waals surface area (Å²) in [5.41, 5.74) is 0.861. The van der Waals surface area contributed by atoms with Gasteiger partial charge in [-0.2, -0.15) is 0 Å². The number of anilines is 1. The molecular formula is C15H18N2O3. The first-order valence-electron chi connectivity index (χ1n) is 6.93. The second-order valence-electron chi connectivity index (χ2n) is 5.53. The fourth-order valence-electron chi connectivity index (χ4n) is 2.94. The summed E-state index contributed by atoms with van der Waals surface area (Å²) < 4.78 is 6.12.